The summed E-state index contributed by atoms with van der Waals surface area (Å²) in [5.74, 6) is -1.41. The minimum atomic E-state index is -0.842. The maximum Gasteiger partial charge on any atom is 0.307 e. The van der Waals surface area contributed by atoms with E-state index in [1.165, 1.54) is 5.56 Å². The number of rotatable bonds is 6. The largest absolute Gasteiger partial charge is 0.481 e. The summed E-state index contributed by atoms with van der Waals surface area (Å²) in [6, 6.07) is 10.2. The summed E-state index contributed by atoms with van der Waals surface area (Å²) in [4.78, 5) is 23.2. The fourth-order valence-electron chi connectivity index (χ4n) is 3.06. The highest BCUT2D eigenvalue weighted by Gasteiger charge is 2.37. The first-order valence-electron chi connectivity index (χ1n) is 7.65. The number of carbonyl (C=O) groups excluding carboxylic acids is 1. The molecule has 1 fully saturated rings. The first-order chi connectivity index (χ1) is 10.1. The van der Waals surface area contributed by atoms with Crippen molar-refractivity contribution in [2.24, 2.45) is 11.8 Å². The third kappa shape index (κ3) is 4.06. The standard InChI is InChI=1S/C17H23NO3/c1-12(13-6-3-2-4-7-13)10-11-18-16(19)14-8-5-9-15(14)17(20)21/h2-4,6-7,12,14-15H,5,8-11H2,1H3,(H,18,19)(H,20,21). The van der Waals surface area contributed by atoms with Gasteiger partial charge >= 0.3 is 5.97 Å². The molecule has 1 aromatic carbocycles. The highest BCUT2D eigenvalue weighted by molar-refractivity contribution is 5.85. The second-order valence-electron chi connectivity index (χ2n) is 5.87. The van der Waals surface area contributed by atoms with Gasteiger partial charge in [-0.1, -0.05) is 43.7 Å². The van der Waals surface area contributed by atoms with Crippen molar-refractivity contribution in [3.05, 3.63) is 35.9 Å². The molecule has 114 valence electrons. The molecule has 21 heavy (non-hydrogen) atoms. The van der Waals surface area contributed by atoms with Crippen LogP contribution in [0.4, 0.5) is 0 Å². The molecule has 0 spiro atoms. The molecular formula is C17H23NO3. The highest BCUT2D eigenvalue weighted by atomic mass is 16.4. The Balaban J connectivity index is 1.78. The zero-order chi connectivity index (χ0) is 15.2. The topological polar surface area (TPSA) is 66.4 Å². The summed E-state index contributed by atoms with van der Waals surface area (Å²) in [6.07, 6.45) is 3.00. The second kappa shape index (κ2) is 7.25. The van der Waals surface area contributed by atoms with E-state index in [0.29, 0.717) is 25.3 Å². The van der Waals surface area contributed by atoms with Gasteiger partial charge in [-0.05, 0) is 30.7 Å². The van der Waals surface area contributed by atoms with Crippen LogP contribution in [0.25, 0.3) is 0 Å². The van der Waals surface area contributed by atoms with Crippen LogP contribution in [0.15, 0.2) is 30.3 Å². The van der Waals surface area contributed by atoms with Gasteiger partial charge in [-0.2, -0.15) is 0 Å². The normalized spacial score (nSPS) is 22.7. The zero-order valence-electron chi connectivity index (χ0n) is 12.4. The van der Waals surface area contributed by atoms with Crippen LogP contribution in [-0.2, 0) is 9.59 Å². The Morgan fingerprint density at radius 3 is 2.57 bits per heavy atom. The lowest BCUT2D eigenvalue weighted by Crippen LogP contribution is -2.36. The minimum Gasteiger partial charge on any atom is -0.481 e. The van der Waals surface area contributed by atoms with Gasteiger partial charge in [0.2, 0.25) is 5.91 Å². The van der Waals surface area contributed by atoms with E-state index in [0.717, 1.165) is 12.8 Å². The average Bonchev–Trinajstić information content (AvgIpc) is 2.97. The molecule has 4 nitrogen and oxygen atoms in total. The number of amides is 1. The minimum absolute atomic E-state index is 0.0971. The fourth-order valence-corrected chi connectivity index (χ4v) is 3.06. The van der Waals surface area contributed by atoms with E-state index < -0.39 is 11.9 Å². The van der Waals surface area contributed by atoms with Crippen LogP contribution in [0, 0.1) is 11.8 Å². The van der Waals surface area contributed by atoms with Gasteiger partial charge in [0.05, 0.1) is 11.8 Å². The van der Waals surface area contributed by atoms with Crippen LogP contribution in [0.2, 0.25) is 0 Å². The molecule has 1 saturated carbocycles. The summed E-state index contributed by atoms with van der Waals surface area (Å²) in [7, 11) is 0. The Kier molecular flexibility index (Phi) is 5.37. The van der Waals surface area contributed by atoms with Gasteiger partial charge in [-0.15, -0.1) is 0 Å². The SMILES string of the molecule is CC(CCNC(=O)C1CCCC1C(=O)O)c1ccccc1. The van der Waals surface area contributed by atoms with Gasteiger partial charge in [0.1, 0.15) is 0 Å². The van der Waals surface area contributed by atoms with Crippen LogP contribution >= 0.6 is 0 Å². The average molecular weight is 289 g/mol. The zero-order valence-corrected chi connectivity index (χ0v) is 12.4. The summed E-state index contributed by atoms with van der Waals surface area (Å²) in [6.45, 7) is 2.73. The molecule has 0 aromatic heterocycles. The quantitative estimate of drug-likeness (QED) is 0.846. The molecule has 4 heteroatoms. The Morgan fingerprint density at radius 1 is 1.24 bits per heavy atom. The van der Waals surface area contributed by atoms with E-state index in [1.54, 1.807) is 0 Å². The number of aliphatic carboxylic acids is 1. The number of carbonyl (C=O) groups is 2. The number of benzene rings is 1. The van der Waals surface area contributed by atoms with Crippen LogP contribution < -0.4 is 5.32 Å². The molecule has 1 aliphatic rings. The Bertz CT molecular complexity index is 486. The summed E-state index contributed by atoms with van der Waals surface area (Å²) in [5.41, 5.74) is 1.26. The van der Waals surface area contributed by atoms with Crippen molar-refractivity contribution in [1.82, 2.24) is 5.32 Å². The number of hydrogen-bond donors (Lipinski definition) is 2. The van der Waals surface area contributed by atoms with E-state index in [1.807, 2.05) is 18.2 Å². The van der Waals surface area contributed by atoms with Crippen molar-refractivity contribution in [3.63, 3.8) is 0 Å². The first kappa shape index (κ1) is 15.5. The maximum atomic E-state index is 12.1. The van der Waals surface area contributed by atoms with Crippen molar-refractivity contribution < 1.29 is 14.7 Å². The van der Waals surface area contributed by atoms with Crippen LogP contribution in [0.5, 0.6) is 0 Å². The molecule has 0 bridgehead atoms. The molecule has 1 amide bonds. The lowest BCUT2D eigenvalue weighted by molar-refractivity contribution is -0.146. The van der Waals surface area contributed by atoms with E-state index >= 15 is 0 Å². The molecule has 3 unspecified atom stereocenters. The summed E-state index contributed by atoms with van der Waals surface area (Å²) in [5, 5.41) is 12.0. The van der Waals surface area contributed by atoms with Crippen molar-refractivity contribution in [1.29, 1.82) is 0 Å². The van der Waals surface area contributed by atoms with E-state index in [9.17, 15) is 9.59 Å². The number of carboxylic acids is 1. The molecule has 0 radical (unpaired) electrons. The predicted octanol–water partition coefficient (Wildman–Crippen LogP) is 2.80. The Morgan fingerprint density at radius 2 is 1.90 bits per heavy atom. The summed E-state index contributed by atoms with van der Waals surface area (Å²) < 4.78 is 0. The van der Waals surface area contributed by atoms with Crippen LogP contribution in [-0.4, -0.2) is 23.5 Å². The molecule has 2 N–H and O–H groups in total. The van der Waals surface area contributed by atoms with Crippen LogP contribution in [0.1, 0.15) is 44.1 Å². The Labute approximate surface area is 125 Å². The molecule has 0 aliphatic heterocycles. The van der Waals surface area contributed by atoms with E-state index in [-0.39, 0.29) is 11.8 Å². The smallest absolute Gasteiger partial charge is 0.307 e. The predicted molar refractivity (Wildman–Crippen MR) is 81.0 cm³/mol. The van der Waals surface area contributed by atoms with E-state index in [4.69, 9.17) is 5.11 Å². The number of nitrogens with one attached hydrogen (secondary N) is 1. The lowest BCUT2D eigenvalue weighted by atomic mass is 9.94. The first-order valence-corrected chi connectivity index (χ1v) is 7.65. The molecule has 3 atom stereocenters. The van der Waals surface area contributed by atoms with Crippen molar-refractivity contribution >= 4 is 11.9 Å². The van der Waals surface area contributed by atoms with Gasteiger partial charge in [0, 0.05) is 6.54 Å². The third-order valence-corrected chi connectivity index (χ3v) is 4.42. The Hall–Kier alpha value is -1.84. The van der Waals surface area contributed by atoms with Crippen molar-refractivity contribution in [2.75, 3.05) is 6.54 Å². The number of carboxylic acid groups (broad SMARTS) is 1. The van der Waals surface area contributed by atoms with Crippen LogP contribution in [0.3, 0.4) is 0 Å². The highest BCUT2D eigenvalue weighted by Crippen LogP contribution is 2.32. The van der Waals surface area contributed by atoms with Gasteiger partial charge < -0.3 is 10.4 Å². The molecular weight excluding hydrogens is 266 g/mol. The molecule has 0 heterocycles. The monoisotopic (exact) mass is 289 g/mol. The molecule has 2 rings (SSSR count). The van der Waals surface area contributed by atoms with Gasteiger partial charge in [-0.3, -0.25) is 9.59 Å². The molecule has 1 aliphatic carbocycles. The van der Waals surface area contributed by atoms with Gasteiger partial charge in [-0.25, -0.2) is 0 Å². The number of hydrogen-bond acceptors (Lipinski definition) is 2. The summed E-state index contributed by atoms with van der Waals surface area (Å²) >= 11 is 0. The van der Waals surface area contributed by atoms with Gasteiger partial charge in [0.15, 0.2) is 0 Å². The molecule has 1 aromatic rings. The van der Waals surface area contributed by atoms with Gasteiger partial charge in [0.25, 0.3) is 0 Å². The van der Waals surface area contributed by atoms with E-state index in [2.05, 4.69) is 24.4 Å². The van der Waals surface area contributed by atoms with Crippen molar-refractivity contribution in [3.8, 4) is 0 Å². The lowest BCUT2D eigenvalue weighted by Gasteiger charge is -2.17. The second-order valence-corrected chi connectivity index (χ2v) is 5.87. The fraction of sp³-hybridized carbons (Fsp3) is 0.529. The maximum absolute atomic E-state index is 12.1. The molecule has 0 saturated heterocycles. The van der Waals surface area contributed by atoms with Crippen molar-refractivity contribution in [2.45, 2.75) is 38.5 Å². The third-order valence-electron chi connectivity index (χ3n) is 4.42.